The molecule has 1 heterocycles. The Labute approximate surface area is 100 Å². The van der Waals surface area contributed by atoms with Crippen molar-refractivity contribution in [3.63, 3.8) is 0 Å². The van der Waals surface area contributed by atoms with Crippen LogP contribution in [0.5, 0.6) is 0 Å². The summed E-state index contributed by atoms with van der Waals surface area (Å²) >= 11 is 5.97. The molecule has 0 spiro atoms. The van der Waals surface area contributed by atoms with Gasteiger partial charge in [-0.3, -0.25) is 0 Å². The van der Waals surface area contributed by atoms with Gasteiger partial charge < -0.3 is 9.88 Å². The van der Waals surface area contributed by atoms with Crippen LogP contribution in [0.25, 0.3) is 11.4 Å². The SMILES string of the molecule is CNCCn1ccnc1-c1cccc(Cl)c1. The average Bonchev–Trinajstić information content (AvgIpc) is 2.74. The van der Waals surface area contributed by atoms with Gasteiger partial charge >= 0.3 is 0 Å². The molecule has 0 unspecified atom stereocenters. The molecule has 0 aliphatic rings. The molecule has 0 bridgehead atoms. The maximum atomic E-state index is 5.97. The third-order valence-corrected chi connectivity index (χ3v) is 2.64. The Balaban J connectivity index is 2.29. The number of aromatic nitrogens is 2. The fraction of sp³-hybridized carbons (Fsp3) is 0.250. The first-order chi connectivity index (χ1) is 7.81. The van der Waals surface area contributed by atoms with E-state index in [2.05, 4.69) is 14.9 Å². The molecule has 1 N–H and O–H groups in total. The molecule has 0 saturated heterocycles. The van der Waals surface area contributed by atoms with Gasteiger partial charge in [-0.05, 0) is 19.2 Å². The molecule has 2 rings (SSSR count). The quantitative estimate of drug-likeness (QED) is 0.882. The van der Waals surface area contributed by atoms with Crippen LogP contribution in [-0.4, -0.2) is 23.1 Å². The zero-order valence-corrected chi connectivity index (χ0v) is 9.91. The Morgan fingerprint density at radius 2 is 2.31 bits per heavy atom. The summed E-state index contributed by atoms with van der Waals surface area (Å²) in [6.45, 7) is 1.82. The van der Waals surface area contributed by atoms with Crippen LogP contribution in [0.15, 0.2) is 36.7 Å². The van der Waals surface area contributed by atoms with E-state index in [0.29, 0.717) is 0 Å². The smallest absolute Gasteiger partial charge is 0.139 e. The topological polar surface area (TPSA) is 29.9 Å². The summed E-state index contributed by atoms with van der Waals surface area (Å²) in [4.78, 5) is 4.36. The normalized spacial score (nSPS) is 10.6. The molecule has 1 aromatic heterocycles. The summed E-state index contributed by atoms with van der Waals surface area (Å²) in [5.41, 5.74) is 1.05. The number of likely N-dealkylation sites (N-methyl/N-ethyl adjacent to an activating group) is 1. The first kappa shape index (κ1) is 11.2. The highest BCUT2D eigenvalue weighted by Gasteiger charge is 2.05. The molecule has 0 aliphatic carbocycles. The van der Waals surface area contributed by atoms with Crippen LogP contribution in [0.1, 0.15) is 0 Å². The Hall–Kier alpha value is -1.32. The van der Waals surface area contributed by atoms with E-state index >= 15 is 0 Å². The van der Waals surface area contributed by atoms with Gasteiger partial charge in [0.05, 0.1) is 0 Å². The lowest BCUT2D eigenvalue weighted by atomic mass is 10.2. The number of nitrogens with one attached hydrogen (secondary N) is 1. The third kappa shape index (κ3) is 2.43. The van der Waals surface area contributed by atoms with E-state index < -0.39 is 0 Å². The minimum absolute atomic E-state index is 0.737. The first-order valence-corrected chi connectivity index (χ1v) is 5.61. The van der Waals surface area contributed by atoms with Crippen molar-refractivity contribution >= 4 is 11.6 Å². The van der Waals surface area contributed by atoms with Gasteiger partial charge in [-0.15, -0.1) is 0 Å². The van der Waals surface area contributed by atoms with Gasteiger partial charge in [0.15, 0.2) is 0 Å². The van der Waals surface area contributed by atoms with Crippen molar-refractivity contribution in [1.29, 1.82) is 0 Å². The highest BCUT2D eigenvalue weighted by Crippen LogP contribution is 2.20. The summed E-state index contributed by atoms with van der Waals surface area (Å²) in [6.07, 6.45) is 3.79. The van der Waals surface area contributed by atoms with Crippen LogP contribution in [0.2, 0.25) is 5.02 Å². The van der Waals surface area contributed by atoms with Gasteiger partial charge in [-0.2, -0.15) is 0 Å². The Morgan fingerprint density at radius 1 is 1.44 bits per heavy atom. The lowest BCUT2D eigenvalue weighted by molar-refractivity contribution is 0.649. The van der Waals surface area contributed by atoms with Gasteiger partial charge in [0, 0.05) is 36.1 Å². The number of imidazole rings is 1. The van der Waals surface area contributed by atoms with Gasteiger partial charge in [0.2, 0.25) is 0 Å². The van der Waals surface area contributed by atoms with Gasteiger partial charge in [-0.1, -0.05) is 23.7 Å². The molecule has 0 atom stereocenters. The summed E-state index contributed by atoms with van der Waals surface area (Å²) in [5.74, 6) is 0.956. The molecule has 1 aromatic carbocycles. The Kier molecular flexibility index (Phi) is 3.59. The molecule has 0 radical (unpaired) electrons. The van der Waals surface area contributed by atoms with Gasteiger partial charge in [0.1, 0.15) is 5.82 Å². The fourth-order valence-corrected chi connectivity index (χ4v) is 1.80. The predicted octanol–water partition coefficient (Wildman–Crippen LogP) is 2.42. The largest absolute Gasteiger partial charge is 0.330 e. The van der Waals surface area contributed by atoms with Crippen LogP contribution < -0.4 is 5.32 Å². The number of hydrogen-bond donors (Lipinski definition) is 1. The van der Waals surface area contributed by atoms with Gasteiger partial charge in [0.25, 0.3) is 0 Å². The molecule has 84 valence electrons. The van der Waals surface area contributed by atoms with E-state index in [4.69, 9.17) is 11.6 Å². The molecular formula is C12H14ClN3. The lowest BCUT2D eigenvalue weighted by Gasteiger charge is -2.07. The van der Waals surface area contributed by atoms with E-state index in [0.717, 1.165) is 29.5 Å². The summed E-state index contributed by atoms with van der Waals surface area (Å²) in [7, 11) is 1.94. The van der Waals surface area contributed by atoms with E-state index in [1.54, 1.807) is 0 Å². The monoisotopic (exact) mass is 235 g/mol. The van der Waals surface area contributed by atoms with Crippen LogP contribution in [0, 0.1) is 0 Å². The lowest BCUT2D eigenvalue weighted by Crippen LogP contribution is -2.15. The van der Waals surface area contributed by atoms with Crippen LogP contribution >= 0.6 is 11.6 Å². The van der Waals surface area contributed by atoms with Crippen molar-refractivity contribution < 1.29 is 0 Å². The van der Waals surface area contributed by atoms with E-state index in [1.807, 2.05) is 43.7 Å². The second-order valence-electron chi connectivity index (χ2n) is 3.56. The molecule has 0 saturated carbocycles. The van der Waals surface area contributed by atoms with Crippen molar-refractivity contribution in [2.45, 2.75) is 6.54 Å². The fourth-order valence-electron chi connectivity index (χ4n) is 1.61. The Morgan fingerprint density at radius 3 is 3.06 bits per heavy atom. The molecule has 0 aliphatic heterocycles. The average molecular weight is 236 g/mol. The van der Waals surface area contributed by atoms with E-state index in [1.165, 1.54) is 0 Å². The molecule has 0 fully saturated rings. The maximum Gasteiger partial charge on any atom is 0.139 e. The van der Waals surface area contributed by atoms with Crippen LogP contribution in [-0.2, 0) is 6.54 Å². The molecule has 16 heavy (non-hydrogen) atoms. The standard InChI is InChI=1S/C12H14ClN3/c1-14-5-7-16-8-6-15-12(16)10-3-2-4-11(13)9-10/h2-4,6,8-9,14H,5,7H2,1H3. The zero-order valence-electron chi connectivity index (χ0n) is 9.15. The molecule has 2 aromatic rings. The minimum atomic E-state index is 0.737. The van der Waals surface area contributed by atoms with Crippen molar-refractivity contribution in [2.75, 3.05) is 13.6 Å². The molecule has 3 nitrogen and oxygen atoms in total. The molecule has 4 heteroatoms. The second-order valence-corrected chi connectivity index (χ2v) is 3.99. The summed E-state index contributed by atoms with van der Waals surface area (Å²) in [5, 5.41) is 3.86. The van der Waals surface area contributed by atoms with E-state index in [-0.39, 0.29) is 0 Å². The number of nitrogens with zero attached hydrogens (tertiary/aromatic N) is 2. The van der Waals surface area contributed by atoms with Gasteiger partial charge in [-0.25, -0.2) is 4.98 Å². The third-order valence-electron chi connectivity index (χ3n) is 2.40. The number of rotatable bonds is 4. The highest BCUT2D eigenvalue weighted by molar-refractivity contribution is 6.30. The van der Waals surface area contributed by atoms with E-state index in [9.17, 15) is 0 Å². The highest BCUT2D eigenvalue weighted by atomic mass is 35.5. The number of hydrogen-bond acceptors (Lipinski definition) is 2. The van der Waals surface area contributed by atoms with Crippen molar-refractivity contribution in [3.05, 3.63) is 41.7 Å². The van der Waals surface area contributed by atoms with Crippen molar-refractivity contribution in [3.8, 4) is 11.4 Å². The summed E-state index contributed by atoms with van der Waals surface area (Å²) in [6, 6.07) is 7.75. The molecule has 0 amide bonds. The minimum Gasteiger partial charge on any atom is -0.330 e. The van der Waals surface area contributed by atoms with Crippen LogP contribution in [0.4, 0.5) is 0 Å². The zero-order chi connectivity index (χ0) is 11.4. The number of benzene rings is 1. The predicted molar refractivity (Wildman–Crippen MR) is 66.6 cm³/mol. The second kappa shape index (κ2) is 5.14. The van der Waals surface area contributed by atoms with Crippen molar-refractivity contribution in [2.24, 2.45) is 0 Å². The van der Waals surface area contributed by atoms with Crippen LogP contribution in [0.3, 0.4) is 0 Å². The first-order valence-electron chi connectivity index (χ1n) is 5.23. The summed E-state index contributed by atoms with van der Waals surface area (Å²) < 4.78 is 2.11. The number of halogens is 1. The van der Waals surface area contributed by atoms with Crippen molar-refractivity contribution in [1.82, 2.24) is 14.9 Å². The molecular weight excluding hydrogens is 222 g/mol. The maximum absolute atomic E-state index is 5.97. The Bertz CT molecular complexity index is 465.